The van der Waals surface area contributed by atoms with Crippen molar-refractivity contribution in [1.29, 1.82) is 0 Å². The average molecular weight is 531 g/mol. The van der Waals surface area contributed by atoms with E-state index in [-0.39, 0.29) is 23.5 Å². The molecule has 0 radical (unpaired) electrons. The molecule has 2 fully saturated rings. The van der Waals surface area contributed by atoms with E-state index in [4.69, 9.17) is 0 Å². The molecular weight excluding hydrogens is 502 g/mol. The van der Waals surface area contributed by atoms with Crippen molar-refractivity contribution < 1.29 is 26.3 Å². The van der Waals surface area contributed by atoms with E-state index in [1.807, 2.05) is 0 Å². The number of benzene rings is 1. The molecule has 2 heterocycles. The molecule has 4 nitrogen and oxygen atoms in total. The van der Waals surface area contributed by atoms with E-state index >= 15 is 0 Å². The van der Waals surface area contributed by atoms with Gasteiger partial charge in [-0.2, -0.15) is 35.7 Å². The molecule has 1 saturated carbocycles. The summed E-state index contributed by atoms with van der Waals surface area (Å²) in [7, 11) is 0. The normalized spacial score (nSPS) is 24.8. The van der Waals surface area contributed by atoms with Crippen LogP contribution in [0.4, 0.5) is 31.5 Å². The maximum Gasteiger partial charge on any atom is 0.416 e. The summed E-state index contributed by atoms with van der Waals surface area (Å²) in [6.07, 6.45) is -3.18. The van der Waals surface area contributed by atoms with E-state index < -0.39 is 23.5 Å². The van der Waals surface area contributed by atoms with E-state index in [2.05, 4.69) is 39.5 Å². The monoisotopic (exact) mass is 530 g/mol. The van der Waals surface area contributed by atoms with Crippen molar-refractivity contribution in [2.24, 2.45) is 17.3 Å². The van der Waals surface area contributed by atoms with Gasteiger partial charge in [-0.25, -0.2) is 0 Å². The predicted octanol–water partition coefficient (Wildman–Crippen LogP) is 7.11. The summed E-state index contributed by atoms with van der Waals surface area (Å²) in [5.41, 5.74) is -1.10. The fourth-order valence-corrected chi connectivity index (χ4v) is 6.47. The first-order valence-corrected chi connectivity index (χ1v) is 12.9. The number of allylic oxidation sites excluding steroid dienone is 1. The standard InChI is InChI=1S/C25H28F6N4S/c1-23(2)16-4-3-14(20(23)12-16)13-35-7-5-19(6-8-35)32-22-33-21(34-36-22)15-9-17(24(26,27)28)11-18(10-15)25(29,30)31/h3,9-11,16,19-20H,4-8,12-13H2,1-2H3,(H,32,33,34)/t16-,20+/m0/s1. The zero-order valence-electron chi connectivity index (χ0n) is 20.0. The smallest absolute Gasteiger partial charge is 0.357 e. The van der Waals surface area contributed by atoms with Crippen LogP contribution in [0.25, 0.3) is 11.4 Å². The number of nitrogens with one attached hydrogen (secondary N) is 1. The Hall–Kier alpha value is -2.14. The number of piperidine rings is 1. The number of rotatable bonds is 5. The lowest BCUT2D eigenvalue weighted by Gasteiger charge is -2.57. The molecule has 1 N–H and O–H groups in total. The van der Waals surface area contributed by atoms with Crippen molar-refractivity contribution >= 4 is 16.7 Å². The summed E-state index contributed by atoms with van der Waals surface area (Å²) in [5, 5.41) is 3.67. The van der Waals surface area contributed by atoms with Gasteiger partial charge in [0.2, 0.25) is 5.13 Å². The molecule has 3 aliphatic carbocycles. The highest BCUT2D eigenvalue weighted by atomic mass is 32.1. The van der Waals surface area contributed by atoms with Gasteiger partial charge in [-0.05, 0) is 61.1 Å². The Morgan fingerprint density at radius 1 is 1.03 bits per heavy atom. The van der Waals surface area contributed by atoms with Crippen molar-refractivity contribution in [3.05, 3.63) is 41.0 Å². The number of halogens is 6. The second-order valence-electron chi connectivity index (χ2n) is 10.7. The van der Waals surface area contributed by atoms with Gasteiger partial charge in [0, 0.05) is 42.8 Å². The molecule has 1 aromatic heterocycles. The lowest BCUT2D eigenvalue weighted by atomic mass is 9.49. The van der Waals surface area contributed by atoms with Gasteiger partial charge < -0.3 is 5.32 Å². The summed E-state index contributed by atoms with van der Waals surface area (Å²) in [5.74, 6) is 1.34. The third kappa shape index (κ3) is 5.01. The number of hydrogen-bond donors (Lipinski definition) is 1. The highest BCUT2D eigenvalue weighted by Crippen LogP contribution is 2.59. The predicted molar refractivity (Wildman–Crippen MR) is 127 cm³/mol. The molecule has 6 rings (SSSR count). The molecule has 1 aromatic carbocycles. The first-order chi connectivity index (χ1) is 16.8. The van der Waals surface area contributed by atoms with Crippen LogP contribution in [0.5, 0.6) is 0 Å². The van der Waals surface area contributed by atoms with E-state index in [1.165, 1.54) is 12.8 Å². The van der Waals surface area contributed by atoms with Gasteiger partial charge in [-0.1, -0.05) is 25.5 Å². The van der Waals surface area contributed by atoms with E-state index in [9.17, 15) is 26.3 Å². The van der Waals surface area contributed by atoms with Crippen LogP contribution in [0.15, 0.2) is 29.8 Å². The number of nitrogens with zero attached hydrogens (tertiary/aromatic N) is 3. The minimum atomic E-state index is -4.91. The lowest BCUT2D eigenvalue weighted by Crippen LogP contribution is -2.50. The molecule has 2 bridgehead atoms. The van der Waals surface area contributed by atoms with Crippen LogP contribution in [0.2, 0.25) is 0 Å². The van der Waals surface area contributed by atoms with Gasteiger partial charge in [0.1, 0.15) is 0 Å². The number of likely N-dealkylation sites (tertiary alicyclic amines) is 1. The fraction of sp³-hybridized carbons (Fsp3) is 0.600. The number of alkyl halides is 6. The van der Waals surface area contributed by atoms with Crippen LogP contribution in [-0.4, -0.2) is 39.9 Å². The van der Waals surface area contributed by atoms with Crippen molar-refractivity contribution in [3.8, 4) is 11.4 Å². The molecule has 196 valence electrons. The Morgan fingerprint density at radius 2 is 1.67 bits per heavy atom. The molecule has 1 saturated heterocycles. The number of aromatic nitrogens is 2. The van der Waals surface area contributed by atoms with Gasteiger partial charge in [0.05, 0.1) is 11.1 Å². The van der Waals surface area contributed by atoms with Gasteiger partial charge in [-0.15, -0.1) is 0 Å². The molecule has 0 amide bonds. The topological polar surface area (TPSA) is 41.0 Å². The summed E-state index contributed by atoms with van der Waals surface area (Å²) < 4.78 is 83.1. The highest BCUT2D eigenvalue weighted by molar-refractivity contribution is 7.09. The molecule has 11 heteroatoms. The third-order valence-corrected chi connectivity index (χ3v) is 8.82. The maximum atomic E-state index is 13.2. The quantitative estimate of drug-likeness (QED) is 0.330. The number of fused-ring (bicyclic) bond motifs is 1. The van der Waals surface area contributed by atoms with Gasteiger partial charge in [0.25, 0.3) is 0 Å². The third-order valence-electron chi connectivity index (χ3n) is 8.18. The van der Waals surface area contributed by atoms with E-state index in [0.29, 0.717) is 28.6 Å². The minimum Gasteiger partial charge on any atom is -0.357 e. The zero-order valence-corrected chi connectivity index (χ0v) is 20.8. The Bertz CT molecular complexity index is 1110. The summed E-state index contributed by atoms with van der Waals surface area (Å²) in [6.45, 7) is 7.57. The number of anilines is 1. The van der Waals surface area contributed by atoms with Gasteiger partial charge >= 0.3 is 12.4 Å². The molecule has 0 unspecified atom stereocenters. The Balaban J connectivity index is 1.21. The van der Waals surface area contributed by atoms with Crippen molar-refractivity contribution in [2.75, 3.05) is 25.0 Å². The summed E-state index contributed by atoms with van der Waals surface area (Å²) in [6, 6.07) is 1.55. The minimum absolute atomic E-state index is 0.108. The van der Waals surface area contributed by atoms with Crippen molar-refractivity contribution in [2.45, 2.75) is 57.9 Å². The first kappa shape index (κ1) is 25.5. The van der Waals surface area contributed by atoms with Crippen molar-refractivity contribution in [1.82, 2.24) is 14.3 Å². The second kappa shape index (κ2) is 9.01. The SMILES string of the molecule is CC1(C)[C@H]2CC=C(CN3CCC(Nc4nc(-c5cc(C(F)(F)F)cc(C(F)(F)F)c5)ns4)CC3)[C@H]1C2. The van der Waals surface area contributed by atoms with Crippen LogP contribution >= 0.6 is 11.5 Å². The zero-order chi connectivity index (χ0) is 25.9. The molecule has 4 aliphatic rings. The highest BCUT2D eigenvalue weighted by Gasteiger charge is 2.51. The molecule has 2 atom stereocenters. The summed E-state index contributed by atoms with van der Waals surface area (Å²) in [4.78, 5) is 6.67. The van der Waals surface area contributed by atoms with Crippen LogP contribution in [0.3, 0.4) is 0 Å². The van der Waals surface area contributed by atoms with Crippen LogP contribution in [-0.2, 0) is 12.4 Å². The van der Waals surface area contributed by atoms with Crippen LogP contribution in [0.1, 0.15) is 50.7 Å². The maximum absolute atomic E-state index is 13.2. The average Bonchev–Trinajstić information content (AvgIpc) is 3.27. The largest absolute Gasteiger partial charge is 0.416 e. The lowest BCUT2D eigenvalue weighted by molar-refractivity contribution is -0.143. The summed E-state index contributed by atoms with van der Waals surface area (Å²) >= 11 is 0.942. The Morgan fingerprint density at radius 3 is 2.22 bits per heavy atom. The van der Waals surface area contributed by atoms with E-state index in [0.717, 1.165) is 49.9 Å². The van der Waals surface area contributed by atoms with E-state index in [1.54, 1.807) is 5.57 Å². The Kier molecular flexibility index (Phi) is 6.38. The fourth-order valence-electron chi connectivity index (χ4n) is 5.81. The van der Waals surface area contributed by atoms with Gasteiger partial charge in [0.15, 0.2) is 5.82 Å². The molecule has 1 aliphatic heterocycles. The number of hydrogen-bond acceptors (Lipinski definition) is 5. The first-order valence-electron chi connectivity index (χ1n) is 12.1. The molecule has 0 spiro atoms. The molecule has 36 heavy (non-hydrogen) atoms. The van der Waals surface area contributed by atoms with Crippen molar-refractivity contribution in [3.63, 3.8) is 0 Å². The van der Waals surface area contributed by atoms with Crippen LogP contribution < -0.4 is 5.32 Å². The molecular formula is C25H28F6N4S. The Labute approximate surface area is 210 Å². The second-order valence-corrected chi connectivity index (χ2v) is 11.5. The van der Waals surface area contributed by atoms with Crippen LogP contribution in [0, 0.1) is 17.3 Å². The molecule has 2 aromatic rings. The van der Waals surface area contributed by atoms with Gasteiger partial charge in [-0.3, -0.25) is 4.90 Å².